The van der Waals surface area contributed by atoms with Gasteiger partial charge in [-0.15, -0.1) is 0 Å². The van der Waals surface area contributed by atoms with Crippen molar-refractivity contribution in [3.63, 3.8) is 0 Å². The molecule has 2 N–H and O–H groups in total. The van der Waals surface area contributed by atoms with Gasteiger partial charge in [0.2, 0.25) is 0 Å². The molecule has 110 valence electrons. The predicted molar refractivity (Wildman–Crippen MR) is 73.0 cm³/mol. The molecule has 0 bridgehead atoms. The summed E-state index contributed by atoms with van der Waals surface area (Å²) in [6, 6.07) is 0.194. The van der Waals surface area contributed by atoms with Gasteiger partial charge < -0.3 is 20.1 Å². The molecule has 1 amide bonds. The molecule has 1 aliphatic heterocycles. The van der Waals surface area contributed by atoms with E-state index in [1.54, 1.807) is 0 Å². The van der Waals surface area contributed by atoms with E-state index in [4.69, 9.17) is 4.74 Å². The summed E-state index contributed by atoms with van der Waals surface area (Å²) in [4.78, 5) is 14.0. The molecule has 0 aromatic carbocycles. The summed E-state index contributed by atoms with van der Waals surface area (Å²) in [5, 5.41) is 12.8. The van der Waals surface area contributed by atoms with E-state index in [0.717, 1.165) is 45.3 Å². The topological polar surface area (TPSA) is 61.8 Å². The molecule has 1 saturated carbocycles. The Morgan fingerprint density at radius 2 is 1.95 bits per heavy atom. The zero-order chi connectivity index (χ0) is 14.1. The van der Waals surface area contributed by atoms with Gasteiger partial charge in [0.15, 0.2) is 0 Å². The van der Waals surface area contributed by atoms with Crippen LogP contribution in [-0.4, -0.2) is 53.0 Å². The number of hydrogen-bond acceptors (Lipinski definition) is 4. The number of piperidine rings is 1. The molecular weight excluding hydrogens is 244 g/mol. The number of aliphatic hydroxyl groups is 1. The number of alkyl carbamates (subject to hydrolysis) is 1. The Balaban J connectivity index is 1.67. The highest BCUT2D eigenvalue weighted by molar-refractivity contribution is 5.68. The SMILES string of the molecule is CC(C)(C)OC(=O)NC1CCN(CC2(O)CC2)CC1. The quantitative estimate of drug-likeness (QED) is 0.816. The first kappa shape index (κ1) is 14.6. The Labute approximate surface area is 115 Å². The molecule has 0 unspecified atom stereocenters. The van der Waals surface area contributed by atoms with E-state index in [1.807, 2.05) is 20.8 Å². The molecule has 2 aliphatic rings. The van der Waals surface area contributed by atoms with Gasteiger partial charge in [0.05, 0.1) is 5.60 Å². The highest BCUT2D eigenvalue weighted by Crippen LogP contribution is 2.36. The Bertz CT molecular complexity index is 326. The van der Waals surface area contributed by atoms with Gasteiger partial charge in [0.1, 0.15) is 5.60 Å². The maximum absolute atomic E-state index is 11.7. The highest BCUT2D eigenvalue weighted by atomic mass is 16.6. The molecular formula is C14H26N2O3. The second-order valence-corrected chi connectivity index (χ2v) is 6.92. The first-order chi connectivity index (χ1) is 8.76. The van der Waals surface area contributed by atoms with Crippen molar-refractivity contribution in [2.75, 3.05) is 19.6 Å². The molecule has 0 radical (unpaired) electrons. The van der Waals surface area contributed by atoms with E-state index in [0.29, 0.717) is 0 Å². The standard InChI is InChI=1S/C14H26N2O3/c1-13(2,3)19-12(17)15-11-4-8-16(9-5-11)10-14(18)6-7-14/h11,18H,4-10H2,1-3H3,(H,15,17). The average Bonchev–Trinajstić information content (AvgIpc) is 2.96. The van der Waals surface area contributed by atoms with Crippen molar-refractivity contribution in [1.82, 2.24) is 10.2 Å². The fraction of sp³-hybridized carbons (Fsp3) is 0.929. The van der Waals surface area contributed by atoms with Gasteiger partial charge >= 0.3 is 6.09 Å². The van der Waals surface area contributed by atoms with Crippen LogP contribution in [0.1, 0.15) is 46.5 Å². The molecule has 2 rings (SSSR count). The maximum Gasteiger partial charge on any atom is 0.407 e. The normalized spacial score (nSPS) is 24.0. The smallest absolute Gasteiger partial charge is 0.407 e. The van der Waals surface area contributed by atoms with Crippen molar-refractivity contribution in [2.24, 2.45) is 0 Å². The third kappa shape index (κ3) is 4.99. The summed E-state index contributed by atoms with van der Waals surface area (Å²) in [5.41, 5.74) is -0.856. The summed E-state index contributed by atoms with van der Waals surface area (Å²) in [5.74, 6) is 0. The number of likely N-dealkylation sites (tertiary alicyclic amines) is 1. The molecule has 1 heterocycles. The van der Waals surface area contributed by atoms with Crippen LogP contribution in [0, 0.1) is 0 Å². The Morgan fingerprint density at radius 1 is 1.37 bits per heavy atom. The third-order valence-electron chi connectivity index (χ3n) is 3.65. The number of hydrogen-bond donors (Lipinski definition) is 2. The first-order valence-electron chi connectivity index (χ1n) is 7.20. The van der Waals surface area contributed by atoms with Gasteiger partial charge in [-0.2, -0.15) is 0 Å². The van der Waals surface area contributed by atoms with E-state index < -0.39 is 11.2 Å². The van der Waals surface area contributed by atoms with Gasteiger partial charge in [0, 0.05) is 25.7 Å². The fourth-order valence-corrected chi connectivity index (χ4v) is 2.43. The van der Waals surface area contributed by atoms with E-state index in [-0.39, 0.29) is 12.1 Å². The van der Waals surface area contributed by atoms with Crippen molar-refractivity contribution >= 4 is 6.09 Å². The lowest BCUT2D eigenvalue weighted by Gasteiger charge is -2.33. The number of carbonyl (C=O) groups is 1. The Kier molecular flexibility index (Phi) is 4.06. The Hall–Kier alpha value is -0.810. The molecule has 0 spiro atoms. The van der Waals surface area contributed by atoms with Crippen molar-refractivity contribution in [3.8, 4) is 0 Å². The van der Waals surface area contributed by atoms with Crippen molar-refractivity contribution < 1.29 is 14.6 Å². The van der Waals surface area contributed by atoms with Crippen LogP contribution >= 0.6 is 0 Å². The summed E-state index contributed by atoms with van der Waals surface area (Å²) in [6.45, 7) is 8.25. The number of amides is 1. The predicted octanol–water partition coefficient (Wildman–Crippen LogP) is 1.50. The fourth-order valence-electron chi connectivity index (χ4n) is 2.43. The van der Waals surface area contributed by atoms with Gasteiger partial charge in [0.25, 0.3) is 0 Å². The van der Waals surface area contributed by atoms with Crippen LogP contribution < -0.4 is 5.32 Å². The second-order valence-electron chi connectivity index (χ2n) is 6.92. The lowest BCUT2D eigenvalue weighted by Crippen LogP contribution is -2.47. The van der Waals surface area contributed by atoms with Gasteiger partial charge in [-0.25, -0.2) is 4.79 Å². The van der Waals surface area contributed by atoms with E-state index in [2.05, 4.69) is 10.2 Å². The number of β-amino-alcohol motifs (C(OH)–C–C–N with tert-alkyl or cyclic N) is 1. The number of rotatable bonds is 3. The summed E-state index contributed by atoms with van der Waals surface area (Å²) >= 11 is 0. The lowest BCUT2D eigenvalue weighted by molar-refractivity contribution is 0.0444. The number of carbonyl (C=O) groups excluding carboxylic acids is 1. The zero-order valence-electron chi connectivity index (χ0n) is 12.2. The minimum Gasteiger partial charge on any atom is -0.444 e. The minimum absolute atomic E-state index is 0.194. The molecule has 1 aliphatic carbocycles. The Morgan fingerprint density at radius 3 is 2.42 bits per heavy atom. The van der Waals surface area contributed by atoms with Crippen molar-refractivity contribution in [2.45, 2.75) is 63.7 Å². The van der Waals surface area contributed by atoms with Gasteiger partial charge in [-0.1, -0.05) is 0 Å². The van der Waals surface area contributed by atoms with Crippen LogP contribution in [0.4, 0.5) is 4.79 Å². The third-order valence-corrected chi connectivity index (χ3v) is 3.65. The molecule has 5 nitrogen and oxygen atoms in total. The molecule has 19 heavy (non-hydrogen) atoms. The van der Waals surface area contributed by atoms with E-state index >= 15 is 0 Å². The van der Waals surface area contributed by atoms with Crippen molar-refractivity contribution in [1.29, 1.82) is 0 Å². The van der Waals surface area contributed by atoms with Crippen LogP contribution in [0.3, 0.4) is 0 Å². The summed E-state index contributed by atoms with van der Waals surface area (Å²) in [7, 11) is 0. The largest absolute Gasteiger partial charge is 0.444 e. The lowest BCUT2D eigenvalue weighted by atomic mass is 10.0. The molecule has 5 heteroatoms. The number of ether oxygens (including phenoxy) is 1. The second kappa shape index (κ2) is 5.29. The van der Waals surface area contributed by atoms with Crippen LogP contribution in [-0.2, 0) is 4.74 Å². The minimum atomic E-state index is -0.444. The molecule has 1 saturated heterocycles. The summed E-state index contributed by atoms with van der Waals surface area (Å²) in [6.07, 6.45) is 3.39. The number of nitrogens with zero attached hydrogens (tertiary/aromatic N) is 1. The molecule has 0 aromatic heterocycles. The first-order valence-corrected chi connectivity index (χ1v) is 7.20. The molecule has 0 aromatic rings. The van der Waals surface area contributed by atoms with Gasteiger partial charge in [-0.3, -0.25) is 0 Å². The zero-order valence-corrected chi connectivity index (χ0v) is 12.2. The maximum atomic E-state index is 11.7. The van der Waals surface area contributed by atoms with Crippen molar-refractivity contribution in [3.05, 3.63) is 0 Å². The molecule has 0 atom stereocenters. The van der Waals surface area contributed by atoms with E-state index in [1.165, 1.54) is 0 Å². The van der Waals surface area contributed by atoms with Crippen LogP contribution in [0.5, 0.6) is 0 Å². The van der Waals surface area contributed by atoms with Crippen LogP contribution in [0.25, 0.3) is 0 Å². The monoisotopic (exact) mass is 270 g/mol. The summed E-state index contributed by atoms with van der Waals surface area (Å²) < 4.78 is 5.25. The molecule has 2 fully saturated rings. The number of nitrogens with one attached hydrogen (secondary N) is 1. The van der Waals surface area contributed by atoms with E-state index in [9.17, 15) is 9.90 Å². The highest BCUT2D eigenvalue weighted by Gasteiger charge is 2.42. The average molecular weight is 270 g/mol. The van der Waals surface area contributed by atoms with Gasteiger partial charge in [-0.05, 0) is 46.5 Å². The van der Waals surface area contributed by atoms with Crippen LogP contribution in [0.2, 0.25) is 0 Å². The van der Waals surface area contributed by atoms with Crippen LogP contribution in [0.15, 0.2) is 0 Å².